The van der Waals surface area contributed by atoms with Crippen molar-refractivity contribution in [2.75, 3.05) is 6.61 Å². The summed E-state index contributed by atoms with van der Waals surface area (Å²) < 4.78 is 5.32. The van der Waals surface area contributed by atoms with E-state index < -0.39 is 9.76 Å². The molecule has 0 saturated heterocycles. The zero-order valence-corrected chi connectivity index (χ0v) is 7.94. The Morgan fingerprint density at radius 2 is 2.20 bits per heavy atom. The Hall–Kier alpha value is -0.603. The van der Waals surface area contributed by atoms with Crippen LogP contribution in [0.25, 0.3) is 0 Å². The van der Waals surface area contributed by atoms with E-state index in [1.165, 1.54) is 0 Å². The fourth-order valence-electron chi connectivity index (χ4n) is 0.415. The van der Waals surface area contributed by atoms with E-state index >= 15 is 0 Å². The zero-order valence-electron chi connectivity index (χ0n) is 6.52. The topological polar surface area (TPSA) is 9.23 Å². The molecule has 10 heavy (non-hydrogen) atoms. The number of rotatable bonds is 5. The van der Waals surface area contributed by atoms with E-state index in [1.807, 2.05) is 6.92 Å². The van der Waals surface area contributed by atoms with Crippen LogP contribution in [0.1, 0.15) is 6.92 Å². The first-order valence-corrected chi connectivity index (χ1v) is 4.47. The van der Waals surface area contributed by atoms with Crippen molar-refractivity contribution in [1.82, 2.24) is 0 Å². The third-order valence-corrected chi connectivity index (χ3v) is 1.99. The molecule has 0 unspecified atom stereocenters. The molecule has 0 spiro atoms. The van der Waals surface area contributed by atoms with Crippen molar-refractivity contribution >= 4 is 9.76 Å². The van der Waals surface area contributed by atoms with Crippen LogP contribution in [0.15, 0.2) is 36.6 Å². The van der Waals surface area contributed by atoms with Crippen LogP contribution >= 0.6 is 0 Å². The summed E-state index contributed by atoms with van der Waals surface area (Å²) in [5.41, 5.74) is 1.06. The van der Waals surface area contributed by atoms with Crippen LogP contribution in [0, 0.1) is 0 Å². The molecule has 0 aliphatic rings. The molecule has 0 amide bonds. The molecule has 0 saturated carbocycles. The van der Waals surface area contributed by atoms with Crippen LogP contribution in [0.3, 0.4) is 0 Å². The van der Waals surface area contributed by atoms with Gasteiger partial charge in [0.2, 0.25) is 0 Å². The molecule has 0 fully saturated rings. The van der Waals surface area contributed by atoms with Gasteiger partial charge in [-0.1, -0.05) is 31.4 Å². The van der Waals surface area contributed by atoms with E-state index in [9.17, 15) is 0 Å². The maximum Gasteiger partial charge on any atom is 0.192 e. The van der Waals surface area contributed by atoms with Gasteiger partial charge in [0.15, 0.2) is 9.76 Å². The van der Waals surface area contributed by atoms with Crippen molar-refractivity contribution in [3.8, 4) is 0 Å². The van der Waals surface area contributed by atoms with Crippen LogP contribution < -0.4 is 0 Å². The molecule has 1 nitrogen and oxygen atoms in total. The molecule has 0 N–H and O–H groups in total. The summed E-state index contributed by atoms with van der Waals surface area (Å²) in [6.45, 7) is 13.7. The molecule has 0 aromatic carbocycles. The lowest BCUT2D eigenvalue weighted by Crippen LogP contribution is -2.02. The Bertz CT molecular complexity index is 149. The highest BCUT2D eigenvalue weighted by Gasteiger charge is 1.89. The van der Waals surface area contributed by atoms with E-state index in [0.29, 0.717) is 6.61 Å². The first kappa shape index (κ1) is 9.40. The molecular formula is C8H14OSi. The summed E-state index contributed by atoms with van der Waals surface area (Å²) in [6.07, 6.45) is 1.75. The van der Waals surface area contributed by atoms with E-state index in [1.54, 1.807) is 6.08 Å². The summed E-state index contributed by atoms with van der Waals surface area (Å²) in [7, 11) is -0.580. The Morgan fingerprint density at radius 1 is 1.60 bits per heavy atom. The largest absolute Gasteiger partial charge is 0.415 e. The molecule has 56 valence electrons. The van der Waals surface area contributed by atoms with Crippen molar-refractivity contribution in [2.24, 2.45) is 0 Å². The lowest BCUT2D eigenvalue weighted by atomic mass is 10.4. The quantitative estimate of drug-likeness (QED) is 0.330. The minimum absolute atomic E-state index is 0.580. The van der Waals surface area contributed by atoms with Crippen molar-refractivity contribution in [1.29, 1.82) is 0 Å². The zero-order chi connectivity index (χ0) is 7.98. The van der Waals surface area contributed by atoms with Crippen molar-refractivity contribution in [2.45, 2.75) is 6.92 Å². The highest BCUT2D eigenvalue weighted by atomic mass is 28.2. The van der Waals surface area contributed by atoms with Gasteiger partial charge in [-0.15, -0.1) is 0 Å². The second-order valence-electron chi connectivity index (χ2n) is 2.31. The van der Waals surface area contributed by atoms with Gasteiger partial charge in [-0.05, 0) is 12.1 Å². The first-order valence-electron chi connectivity index (χ1n) is 3.19. The predicted octanol–water partition coefficient (Wildman–Crippen LogP) is 1.36. The van der Waals surface area contributed by atoms with Gasteiger partial charge >= 0.3 is 0 Å². The Kier molecular flexibility index (Phi) is 4.89. The van der Waals surface area contributed by atoms with E-state index in [-0.39, 0.29) is 0 Å². The van der Waals surface area contributed by atoms with Crippen molar-refractivity contribution in [3.05, 3.63) is 36.6 Å². The highest BCUT2D eigenvalue weighted by Crippen LogP contribution is 1.91. The number of allylic oxidation sites excluding steroid dienone is 2. The van der Waals surface area contributed by atoms with Gasteiger partial charge in [0, 0.05) is 0 Å². The molecule has 0 aromatic heterocycles. The number of hydrogen-bond donors (Lipinski definition) is 0. The van der Waals surface area contributed by atoms with Crippen LogP contribution in [0.5, 0.6) is 0 Å². The first-order chi connectivity index (χ1) is 4.66. The molecule has 0 aliphatic carbocycles. The average Bonchev–Trinajstić information content (AvgIpc) is 1.87. The maximum absolute atomic E-state index is 5.32. The maximum atomic E-state index is 5.32. The van der Waals surface area contributed by atoms with Gasteiger partial charge in [-0.25, -0.2) is 0 Å². The molecule has 0 rings (SSSR count). The lowest BCUT2D eigenvalue weighted by molar-refractivity contribution is 0.379. The minimum atomic E-state index is -0.580. The van der Waals surface area contributed by atoms with Gasteiger partial charge in [0.05, 0.1) is 6.61 Å². The Morgan fingerprint density at radius 3 is 2.60 bits per heavy atom. The van der Waals surface area contributed by atoms with Crippen LogP contribution in [0.2, 0.25) is 0 Å². The van der Waals surface area contributed by atoms with Gasteiger partial charge in [0.1, 0.15) is 0 Å². The summed E-state index contributed by atoms with van der Waals surface area (Å²) in [6, 6.07) is 0. The van der Waals surface area contributed by atoms with Crippen LogP contribution in [0.4, 0.5) is 0 Å². The molecule has 0 radical (unpaired) electrons. The van der Waals surface area contributed by atoms with E-state index in [4.69, 9.17) is 4.43 Å². The third kappa shape index (κ3) is 5.53. The van der Waals surface area contributed by atoms with Crippen LogP contribution in [-0.4, -0.2) is 16.4 Å². The predicted molar refractivity (Wildman–Crippen MR) is 48.6 cm³/mol. The fraction of sp³-hybridized carbons (Fsp3) is 0.250. The SMILES string of the molecule is C=CC(=C)[SiH2]OCC(=C)C. The minimum Gasteiger partial charge on any atom is -0.415 e. The van der Waals surface area contributed by atoms with E-state index in [2.05, 4.69) is 19.7 Å². The second-order valence-corrected chi connectivity index (χ2v) is 3.92. The molecular weight excluding hydrogens is 140 g/mol. The van der Waals surface area contributed by atoms with Crippen molar-refractivity contribution < 1.29 is 4.43 Å². The molecule has 0 bridgehead atoms. The lowest BCUT2D eigenvalue weighted by Gasteiger charge is -2.01. The summed E-state index contributed by atoms with van der Waals surface area (Å²) in [5, 5.41) is 1.04. The Balaban J connectivity index is 3.28. The summed E-state index contributed by atoms with van der Waals surface area (Å²) >= 11 is 0. The molecule has 0 aliphatic heterocycles. The Labute approximate surface area is 65.0 Å². The summed E-state index contributed by atoms with van der Waals surface area (Å²) in [5.74, 6) is 0. The highest BCUT2D eigenvalue weighted by molar-refractivity contribution is 6.39. The van der Waals surface area contributed by atoms with Crippen molar-refractivity contribution in [3.63, 3.8) is 0 Å². The fourth-order valence-corrected chi connectivity index (χ4v) is 1.25. The van der Waals surface area contributed by atoms with Crippen LogP contribution in [-0.2, 0) is 4.43 Å². The molecule has 0 heterocycles. The number of hydrogen-bond acceptors (Lipinski definition) is 1. The standard InChI is InChI=1S/C8H14OSi/c1-5-8(4)10-9-6-7(2)3/h5H,1-2,4,6,10H2,3H3. The third-order valence-electron chi connectivity index (χ3n) is 0.925. The van der Waals surface area contributed by atoms with Gasteiger partial charge in [-0.2, -0.15) is 0 Å². The molecule has 2 heteroatoms. The monoisotopic (exact) mass is 154 g/mol. The van der Waals surface area contributed by atoms with Gasteiger partial charge in [-0.3, -0.25) is 0 Å². The molecule has 0 atom stereocenters. The summed E-state index contributed by atoms with van der Waals surface area (Å²) in [4.78, 5) is 0. The normalized spacial score (nSPS) is 10.1. The van der Waals surface area contributed by atoms with Gasteiger partial charge in [0.25, 0.3) is 0 Å². The molecule has 0 aromatic rings. The smallest absolute Gasteiger partial charge is 0.192 e. The average molecular weight is 154 g/mol. The van der Waals surface area contributed by atoms with E-state index in [0.717, 1.165) is 10.8 Å². The van der Waals surface area contributed by atoms with Gasteiger partial charge < -0.3 is 4.43 Å². The second kappa shape index (κ2) is 5.20.